The average molecular weight is 332 g/mol. The van der Waals surface area contributed by atoms with Gasteiger partial charge >= 0.3 is 0 Å². The van der Waals surface area contributed by atoms with Gasteiger partial charge in [0, 0.05) is 30.7 Å². The zero-order valence-corrected chi connectivity index (χ0v) is 14.1. The highest BCUT2D eigenvalue weighted by atomic mass is 16.5. The van der Waals surface area contributed by atoms with Crippen molar-refractivity contribution in [3.05, 3.63) is 29.2 Å². The van der Waals surface area contributed by atoms with Gasteiger partial charge in [-0.05, 0) is 32.6 Å². The van der Waals surface area contributed by atoms with Crippen LogP contribution in [-0.2, 0) is 9.47 Å². The number of piperidine rings is 1. The normalized spacial score (nSPS) is 30.6. The van der Waals surface area contributed by atoms with E-state index in [4.69, 9.17) is 14.0 Å². The summed E-state index contributed by atoms with van der Waals surface area (Å²) in [5.74, 6) is 0.649. The van der Waals surface area contributed by atoms with Crippen LogP contribution < -0.4 is 0 Å². The Bertz CT molecular complexity index is 649. The Labute approximate surface area is 141 Å². The van der Waals surface area contributed by atoms with Crippen molar-refractivity contribution in [2.24, 2.45) is 5.41 Å². The Kier molecular flexibility index (Phi) is 4.18. The quantitative estimate of drug-likeness (QED) is 0.778. The Morgan fingerprint density at radius 3 is 3.04 bits per heavy atom. The number of hydrogen-bond acceptors (Lipinski definition) is 5. The minimum atomic E-state index is -0.0608. The lowest BCUT2D eigenvalue weighted by Crippen LogP contribution is -2.59. The highest BCUT2D eigenvalue weighted by molar-refractivity contribution is 5.92. The SMILES string of the molecule is Cc1cc(C(=O)N2CCC[C@@]3(C4=CCOCC4)COCC[C@H]23)no1. The van der Waals surface area contributed by atoms with Crippen LogP contribution >= 0.6 is 0 Å². The van der Waals surface area contributed by atoms with Gasteiger partial charge in [0.2, 0.25) is 0 Å². The van der Waals surface area contributed by atoms with Crippen LogP contribution in [0, 0.1) is 12.3 Å². The van der Waals surface area contributed by atoms with E-state index in [0.29, 0.717) is 31.3 Å². The fourth-order valence-electron chi connectivity index (χ4n) is 4.54. The molecule has 1 aromatic rings. The number of likely N-dealkylation sites (tertiary alicyclic amines) is 1. The first-order valence-electron chi connectivity index (χ1n) is 8.80. The third-order valence-corrected chi connectivity index (χ3v) is 5.64. The summed E-state index contributed by atoms with van der Waals surface area (Å²) in [6, 6.07) is 1.90. The summed E-state index contributed by atoms with van der Waals surface area (Å²) in [5.41, 5.74) is 1.76. The van der Waals surface area contributed by atoms with Crippen LogP contribution in [0.25, 0.3) is 0 Å². The first-order valence-corrected chi connectivity index (χ1v) is 8.80. The molecule has 0 radical (unpaired) electrons. The highest BCUT2D eigenvalue weighted by Crippen LogP contribution is 2.48. The molecule has 2 saturated heterocycles. The molecular weight excluding hydrogens is 308 g/mol. The van der Waals surface area contributed by atoms with Gasteiger partial charge in [-0.1, -0.05) is 16.8 Å². The average Bonchev–Trinajstić information content (AvgIpc) is 3.07. The van der Waals surface area contributed by atoms with Gasteiger partial charge in [0.15, 0.2) is 5.69 Å². The fourth-order valence-corrected chi connectivity index (χ4v) is 4.54. The van der Waals surface area contributed by atoms with Crippen molar-refractivity contribution in [3.63, 3.8) is 0 Å². The van der Waals surface area contributed by atoms with E-state index in [9.17, 15) is 4.79 Å². The molecule has 0 bridgehead atoms. The van der Waals surface area contributed by atoms with E-state index in [2.05, 4.69) is 11.2 Å². The summed E-state index contributed by atoms with van der Waals surface area (Å²) >= 11 is 0. The highest BCUT2D eigenvalue weighted by Gasteiger charge is 2.50. The minimum absolute atomic E-state index is 0.0181. The van der Waals surface area contributed by atoms with Crippen LogP contribution in [0.3, 0.4) is 0 Å². The van der Waals surface area contributed by atoms with E-state index in [-0.39, 0.29) is 17.4 Å². The third kappa shape index (κ3) is 2.58. The molecule has 0 saturated carbocycles. The van der Waals surface area contributed by atoms with Gasteiger partial charge in [-0.15, -0.1) is 0 Å². The molecular formula is C18H24N2O4. The van der Waals surface area contributed by atoms with Crippen molar-refractivity contribution in [1.82, 2.24) is 10.1 Å². The number of carbonyl (C=O) groups excluding carboxylic acids is 1. The number of aromatic nitrogens is 1. The molecule has 1 aromatic heterocycles. The molecule has 4 heterocycles. The van der Waals surface area contributed by atoms with Crippen molar-refractivity contribution < 1.29 is 18.8 Å². The lowest BCUT2D eigenvalue weighted by atomic mass is 9.65. The van der Waals surface area contributed by atoms with Crippen LogP contribution in [0.5, 0.6) is 0 Å². The summed E-state index contributed by atoms with van der Waals surface area (Å²) in [6.07, 6.45) is 6.08. The van der Waals surface area contributed by atoms with E-state index < -0.39 is 0 Å². The molecule has 3 aliphatic heterocycles. The van der Waals surface area contributed by atoms with Gasteiger partial charge in [-0.25, -0.2) is 0 Å². The smallest absolute Gasteiger partial charge is 0.276 e. The number of amides is 1. The zero-order valence-electron chi connectivity index (χ0n) is 14.1. The first-order chi connectivity index (χ1) is 11.7. The van der Waals surface area contributed by atoms with Gasteiger partial charge in [0.25, 0.3) is 5.91 Å². The summed E-state index contributed by atoms with van der Waals surface area (Å²) < 4.78 is 16.5. The molecule has 6 nitrogen and oxygen atoms in total. The monoisotopic (exact) mass is 332 g/mol. The lowest BCUT2D eigenvalue weighted by Gasteiger charge is -2.53. The predicted octanol–water partition coefficient (Wildman–Crippen LogP) is 2.34. The summed E-state index contributed by atoms with van der Waals surface area (Å²) in [5, 5.41) is 3.93. The maximum absolute atomic E-state index is 13.0. The Balaban J connectivity index is 1.66. The molecule has 0 aliphatic carbocycles. The molecule has 0 N–H and O–H groups in total. The van der Waals surface area contributed by atoms with E-state index >= 15 is 0 Å². The van der Waals surface area contributed by atoms with Crippen LogP contribution in [0.2, 0.25) is 0 Å². The van der Waals surface area contributed by atoms with Crippen molar-refractivity contribution in [2.75, 3.05) is 33.0 Å². The van der Waals surface area contributed by atoms with E-state index in [1.54, 1.807) is 6.07 Å². The molecule has 4 rings (SSSR count). The number of ether oxygens (including phenoxy) is 2. The summed E-state index contributed by atoms with van der Waals surface area (Å²) in [7, 11) is 0. The van der Waals surface area contributed by atoms with Crippen LogP contribution in [0.15, 0.2) is 22.2 Å². The van der Waals surface area contributed by atoms with Crippen molar-refractivity contribution in [2.45, 2.75) is 38.6 Å². The predicted molar refractivity (Wildman–Crippen MR) is 86.7 cm³/mol. The van der Waals surface area contributed by atoms with Gasteiger partial charge in [-0.3, -0.25) is 4.79 Å². The molecule has 6 heteroatoms. The lowest BCUT2D eigenvalue weighted by molar-refractivity contribution is -0.0740. The summed E-state index contributed by atoms with van der Waals surface area (Å²) in [6.45, 7) is 5.42. The molecule has 0 unspecified atom stereocenters. The topological polar surface area (TPSA) is 64.8 Å². The molecule has 130 valence electrons. The molecule has 3 aliphatic rings. The minimum Gasteiger partial charge on any atom is -0.380 e. The number of nitrogens with zero attached hydrogens (tertiary/aromatic N) is 2. The van der Waals surface area contributed by atoms with E-state index in [1.165, 1.54) is 5.57 Å². The van der Waals surface area contributed by atoms with Crippen LogP contribution in [0.1, 0.15) is 41.9 Å². The van der Waals surface area contributed by atoms with Crippen LogP contribution in [-0.4, -0.2) is 55.0 Å². The van der Waals surface area contributed by atoms with Gasteiger partial charge in [0.1, 0.15) is 5.76 Å². The first kappa shape index (κ1) is 15.8. The molecule has 0 aromatic carbocycles. The van der Waals surface area contributed by atoms with Gasteiger partial charge < -0.3 is 18.9 Å². The number of hydrogen-bond donors (Lipinski definition) is 0. The van der Waals surface area contributed by atoms with Gasteiger partial charge in [0.05, 0.1) is 19.8 Å². The number of aryl methyl sites for hydroxylation is 1. The van der Waals surface area contributed by atoms with Gasteiger partial charge in [-0.2, -0.15) is 0 Å². The standard InChI is InChI=1S/C18H24N2O4/c1-13-11-15(19-24-13)17(21)20-7-2-6-18(12-23-10-5-16(18)20)14-3-8-22-9-4-14/h3,11,16H,2,4-10,12H2,1H3/t16-,18-/m0/s1. The maximum Gasteiger partial charge on any atom is 0.276 e. The summed E-state index contributed by atoms with van der Waals surface area (Å²) in [4.78, 5) is 15.0. The Hall–Kier alpha value is -1.66. The second kappa shape index (κ2) is 6.33. The zero-order chi connectivity index (χ0) is 16.6. The fraction of sp³-hybridized carbons (Fsp3) is 0.667. The number of carbonyl (C=O) groups is 1. The molecule has 24 heavy (non-hydrogen) atoms. The Morgan fingerprint density at radius 1 is 1.38 bits per heavy atom. The van der Waals surface area contributed by atoms with Crippen molar-refractivity contribution in [3.8, 4) is 0 Å². The van der Waals surface area contributed by atoms with E-state index in [1.807, 2.05) is 11.8 Å². The van der Waals surface area contributed by atoms with Crippen molar-refractivity contribution >= 4 is 5.91 Å². The number of rotatable bonds is 2. The largest absolute Gasteiger partial charge is 0.380 e. The Morgan fingerprint density at radius 2 is 2.29 bits per heavy atom. The number of fused-ring (bicyclic) bond motifs is 1. The van der Waals surface area contributed by atoms with Crippen molar-refractivity contribution in [1.29, 1.82) is 0 Å². The second-order valence-electron chi connectivity index (χ2n) is 6.99. The molecule has 1 amide bonds. The molecule has 0 spiro atoms. The third-order valence-electron chi connectivity index (χ3n) is 5.64. The molecule has 2 atom stereocenters. The second-order valence-corrected chi connectivity index (χ2v) is 6.99. The van der Waals surface area contributed by atoms with Crippen LogP contribution in [0.4, 0.5) is 0 Å². The van der Waals surface area contributed by atoms with E-state index in [0.717, 1.165) is 38.8 Å². The maximum atomic E-state index is 13.0. The molecule has 2 fully saturated rings.